The van der Waals surface area contributed by atoms with E-state index in [0.717, 1.165) is 5.56 Å². The summed E-state index contributed by atoms with van der Waals surface area (Å²) in [5.74, 6) is -0.321. The van der Waals surface area contributed by atoms with Gasteiger partial charge in [-0.05, 0) is 26.0 Å². The van der Waals surface area contributed by atoms with Crippen molar-refractivity contribution in [3.63, 3.8) is 0 Å². The molecule has 0 bridgehead atoms. The van der Waals surface area contributed by atoms with E-state index in [1.54, 1.807) is 6.07 Å². The molecule has 16 heavy (non-hydrogen) atoms. The second-order valence-electron chi connectivity index (χ2n) is 4.73. The Kier molecular flexibility index (Phi) is 3.19. The van der Waals surface area contributed by atoms with Gasteiger partial charge in [-0.25, -0.2) is 4.39 Å². The number of hydrogen-bond donors (Lipinski definition) is 1. The van der Waals surface area contributed by atoms with Crippen molar-refractivity contribution >= 4 is 11.6 Å². The van der Waals surface area contributed by atoms with Gasteiger partial charge in [0.2, 0.25) is 0 Å². The maximum atomic E-state index is 12.9. The fourth-order valence-electron chi connectivity index (χ4n) is 1.75. The summed E-state index contributed by atoms with van der Waals surface area (Å²) >= 11 is 5.99. The normalized spacial score (nSPS) is 24.4. The van der Waals surface area contributed by atoms with Crippen molar-refractivity contribution < 1.29 is 9.13 Å². The number of halogens is 2. The van der Waals surface area contributed by atoms with Gasteiger partial charge in [-0.2, -0.15) is 0 Å². The van der Waals surface area contributed by atoms with E-state index in [1.165, 1.54) is 12.1 Å². The Labute approximate surface area is 99.7 Å². The maximum Gasteiger partial charge on any atom is 0.124 e. The predicted octanol–water partition coefficient (Wildman–Crippen LogP) is 2.92. The largest absolute Gasteiger partial charge is 0.370 e. The Hall–Kier alpha value is -0.640. The van der Waals surface area contributed by atoms with Crippen LogP contribution >= 0.6 is 11.6 Å². The molecule has 1 unspecified atom stereocenters. The lowest BCUT2D eigenvalue weighted by atomic mass is 10.0. The van der Waals surface area contributed by atoms with E-state index in [2.05, 4.69) is 19.2 Å². The lowest BCUT2D eigenvalue weighted by Crippen LogP contribution is -2.50. The van der Waals surface area contributed by atoms with Gasteiger partial charge in [-0.1, -0.05) is 17.7 Å². The van der Waals surface area contributed by atoms with Gasteiger partial charge in [0.1, 0.15) is 5.82 Å². The van der Waals surface area contributed by atoms with E-state index in [4.69, 9.17) is 16.3 Å². The number of hydrogen-bond acceptors (Lipinski definition) is 2. The molecule has 1 aliphatic rings. The molecule has 2 nitrogen and oxygen atoms in total. The number of nitrogens with one attached hydrogen (secondary N) is 1. The van der Waals surface area contributed by atoms with E-state index in [9.17, 15) is 4.39 Å². The van der Waals surface area contributed by atoms with E-state index in [1.807, 2.05) is 0 Å². The van der Waals surface area contributed by atoms with E-state index < -0.39 is 0 Å². The minimum atomic E-state index is -0.321. The second-order valence-corrected chi connectivity index (χ2v) is 5.14. The van der Waals surface area contributed by atoms with Crippen LogP contribution in [0.15, 0.2) is 18.2 Å². The molecule has 2 rings (SSSR count). The SMILES string of the molecule is CC1(C)COC(c2ccc(F)cc2Cl)CN1. The molecule has 1 heterocycles. The zero-order valence-electron chi connectivity index (χ0n) is 9.39. The summed E-state index contributed by atoms with van der Waals surface area (Å²) in [6.07, 6.45) is -0.0962. The third-order valence-electron chi connectivity index (χ3n) is 2.72. The number of morpholine rings is 1. The van der Waals surface area contributed by atoms with Crippen LogP contribution in [0.25, 0.3) is 0 Å². The summed E-state index contributed by atoms with van der Waals surface area (Å²) in [5, 5.41) is 3.79. The van der Waals surface area contributed by atoms with Crippen molar-refractivity contribution in [1.29, 1.82) is 0 Å². The highest BCUT2D eigenvalue weighted by Crippen LogP contribution is 2.29. The molecule has 1 aliphatic heterocycles. The third kappa shape index (κ3) is 2.54. The first kappa shape index (κ1) is 11.8. The molecule has 4 heteroatoms. The Bertz CT molecular complexity index is 385. The van der Waals surface area contributed by atoms with Crippen molar-refractivity contribution in [2.24, 2.45) is 0 Å². The van der Waals surface area contributed by atoms with Crippen LogP contribution in [0.1, 0.15) is 25.5 Å². The first-order valence-corrected chi connectivity index (χ1v) is 5.67. The highest BCUT2D eigenvalue weighted by atomic mass is 35.5. The molecule has 88 valence electrons. The van der Waals surface area contributed by atoms with Gasteiger partial charge in [0, 0.05) is 22.7 Å². The zero-order chi connectivity index (χ0) is 11.8. The second kappa shape index (κ2) is 4.32. The number of rotatable bonds is 1. The quantitative estimate of drug-likeness (QED) is 0.819. The molecule has 1 saturated heterocycles. The standard InChI is InChI=1S/C12H15ClFNO/c1-12(2)7-16-11(6-15-12)9-4-3-8(14)5-10(9)13/h3-5,11,15H,6-7H2,1-2H3. The topological polar surface area (TPSA) is 21.3 Å². The molecule has 0 saturated carbocycles. The summed E-state index contributed by atoms with van der Waals surface area (Å²) in [6, 6.07) is 4.41. The van der Waals surface area contributed by atoms with E-state index in [-0.39, 0.29) is 17.5 Å². The van der Waals surface area contributed by atoms with Crippen LogP contribution in [-0.4, -0.2) is 18.7 Å². The molecule has 1 N–H and O–H groups in total. The molecule has 0 spiro atoms. The van der Waals surface area contributed by atoms with Crippen LogP contribution in [0, 0.1) is 5.82 Å². The van der Waals surface area contributed by atoms with Gasteiger partial charge in [-0.15, -0.1) is 0 Å². The smallest absolute Gasteiger partial charge is 0.124 e. The molecule has 0 aliphatic carbocycles. The Morgan fingerprint density at radius 2 is 2.25 bits per heavy atom. The van der Waals surface area contributed by atoms with Crippen LogP contribution in [0.5, 0.6) is 0 Å². The molecule has 1 aromatic rings. The van der Waals surface area contributed by atoms with Crippen LogP contribution in [-0.2, 0) is 4.74 Å². The van der Waals surface area contributed by atoms with Crippen LogP contribution < -0.4 is 5.32 Å². The molecule has 1 atom stereocenters. The minimum Gasteiger partial charge on any atom is -0.370 e. The molecule has 1 aromatic carbocycles. The van der Waals surface area contributed by atoms with Crippen molar-refractivity contribution in [3.05, 3.63) is 34.6 Å². The van der Waals surface area contributed by atoms with Gasteiger partial charge in [-0.3, -0.25) is 0 Å². The number of ether oxygens (including phenoxy) is 1. The molecule has 0 radical (unpaired) electrons. The van der Waals surface area contributed by atoms with Crippen molar-refractivity contribution in [1.82, 2.24) is 5.32 Å². The molecular weight excluding hydrogens is 229 g/mol. The van der Waals surface area contributed by atoms with Crippen LogP contribution in [0.4, 0.5) is 4.39 Å². The van der Waals surface area contributed by atoms with E-state index >= 15 is 0 Å². The minimum absolute atomic E-state index is 0.0109. The first-order valence-electron chi connectivity index (χ1n) is 5.29. The summed E-state index contributed by atoms with van der Waals surface area (Å²) in [7, 11) is 0. The Morgan fingerprint density at radius 1 is 1.50 bits per heavy atom. The van der Waals surface area contributed by atoms with Crippen molar-refractivity contribution in [2.75, 3.05) is 13.2 Å². The lowest BCUT2D eigenvalue weighted by Gasteiger charge is -2.36. The van der Waals surface area contributed by atoms with Gasteiger partial charge >= 0.3 is 0 Å². The third-order valence-corrected chi connectivity index (χ3v) is 3.05. The Balaban J connectivity index is 2.14. The molecule has 0 aromatic heterocycles. The van der Waals surface area contributed by atoms with Crippen LogP contribution in [0.3, 0.4) is 0 Å². The summed E-state index contributed by atoms with van der Waals surface area (Å²) in [4.78, 5) is 0. The first-order chi connectivity index (χ1) is 7.48. The van der Waals surface area contributed by atoms with Crippen molar-refractivity contribution in [3.8, 4) is 0 Å². The Morgan fingerprint density at radius 3 is 2.81 bits per heavy atom. The monoisotopic (exact) mass is 243 g/mol. The average molecular weight is 244 g/mol. The van der Waals surface area contributed by atoms with Gasteiger partial charge in [0.25, 0.3) is 0 Å². The fraction of sp³-hybridized carbons (Fsp3) is 0.500. The highest BCUT2D eigenvalue weighted by molar-refractivity contribution is 6.31. The lowest BCUT2D eigenvalue weighted by molar-refractivity contribution is -0.0228. The summed E-state index contributed by atoms with van der Waals surface area (Å²) in [5.41, 5.74) is 0.828. The fourth-order valence-corrected chi connectivity index (χ4v) is 2.04. The molecular formula is C12H15ClFNO. The van der Waals surface area contributed by atoms with Gasteiger partial charge in [0.05, 0.1) is 12.7 Å². The predicted molar refractivity (Wildman–Crippen MR) is 62.2 cm³/mol. The maximum absolute atomic E-state index is 12.9. The van der Waals surface area contributed by atoms with Gasteiger partial charge < -0.3 is 10.1 Å². The van der Waals surface area contributed by atoms with Crippen molar-refractivity contribution in [2.45, 2.75) is 25.5 Å². The van der Waals surface area contributed by atoms with Gasteiger partial charge in [0.15, 0.2) is 0 Å². The summed E-state index contributed by atoms with van der Waals surface area (Å²) < 4.78 is 18.6. The molecule has 0 amide bonds. The summed E-state index contributed by atoms with van der Waals surface area (Å²) in [6.45, 7) is 5.47. The van der Waals surface area contributed by atoms with Crippen LogP contribution in [0.2, 0.25) is 5.02 Å². The molecule has 1 fully saturated rings. The zero-order valence-corrected chi connectivity index (χ0v) is 10.1. The van der Waals surface area contributed by atoms with E-state index in [0.29, 0.717) is 18.2 Å². The average Bonchev–Trinajstić information content (AvgIpc) is 2.19. The number of benzene rings is 1. The highest BCUT2D eigenvalue weighted by Gasteiger charge is 2.28.